The lowest BCUT2D eigenvalue weighted by Gasteiger charge is -2.22. The summed E-state index contributed by atoms with van der Waals surface area (Å²) in [5, 5.41) is 2.97. The second kappa shape index (κ2) is 3.65. The number of fused-ring (bicyclic) bond motifs is 3. The van der Waals surface area contributed by atoms with Gasteiger partial charge in [0, 0.05) is 12.6 Å². The quantitative estimate of drug-likeness (QED) is 0.695. The first kappa shape index (κ1) is 10.4. The van der Waals surface area contributed by atoms with Crippen LogP contribution in [0, 0.1) is 4.91 Å². The van der Waals surface area contributed by atoms with Crippen LogP contribution in [0.3, 0.4) is 0 Å². The minimum Gasteiger partial charge on any atom is -0.313 e. The molecule has 1 unspecified atom stereocenters. The zero-order valence-corrected chi connectivity index (χ0v) is 9.77. The van der Waals surface area contributed by atoms with Gasteiger partial charge >= 0.3 is 0 Å². The molecule has 1 amide bonds. The highest BCUT2D eigenvalue weighted by Crippen LogP contribution is 2.42. The van der Waals surface area contributed by atoms with Crippen molar-refractivity contribution in [2.45, 2.75) is 31.7 Å². The van der Waals surface area contributed by atoms with Crippen LogP contribution in [0.15, 0.2) is 17.3 Å². The van der Waals surface area contributed by atoms with Crippen molar-refractivity contribution in [3.8, 4) is 0 Å². The zero-order valence-electron chi connectivity index (χ0n) is 9.77. The van der Waals surface area contributed by atoms with Crippen molar-refractivity contribution in [3.63, 3.8) is 0 Å². The van der Waals surface area contributed by atoms with Gasteiger partial charge in [-0.15, -0.1) is 4.91 Å². The van der Waals surface area contributed by atoms with Crippen LogP contribution in [0.2, 0.25) is 0 Å². The minimum atomic E-state index is -0.831. The summed E-state index contributed by atoms with van der Waals surface area (Å²) in [4.78, 5) is 24.3. The van der Waals surface area contributed by atoms with E-state index in [4.69, 9.17) is 0 Å². The summed E-state index contributed by atoms with van der Waals surface area (Å²) in [6, 6.07) is 3.12. The number of likely N-dealkylation sites (N-methyl/N-ethyl adjacent to an activating group) is 1. The monoisotopic (exact) mass is 230 g/mol. The average Bonchev–Trinajstić information content (AvgIpc) is 2.62. The molecule has 2 aliphatic rings. The van der Waals surface area contributed by atoms with Crippen molar-refractivity contribution in [1.82, 2.24) is 0 Å². The maximum absolute atomic E-state index is 11.9. The lowest BCUT2D eigenvalue weighted by molar-refractivity contribution is -0.118. The third-order valence-corrected chi connectivity index (χ3v) is 3.83. The van der Waals surface area contributed by atoms with E-state index in [2.05, 4.69) is 11.2 Å². The first-order valence-corrected chi connectivity index (χ1v) is 5.98. The standard InChI is InChI=1S/C13H14N2O2/c1-15-12-9-5-3-2-4-8(9)6-7-10(12)11(14-17)13(15)16/h6-7,11H,2-5H2,1H3. The average molecular weight is 230 g/mol. The molecule has 0 fully saturated rings. The predicted molar refractivity (Wildman–Crippen MR) is 65.0 cm³/mol. The summed E-state index contributed by atoms with van der Waals surface area (Å²) in [6.45, 7) is 0. The molecule has 0 N–H and O–H groups in total. The van der Waals surface area contributed by atoms with E-state index in [-0.39, 0.29) is 5.91 Å². The number of benzene rings is 1. The van der Waals surface area contributed by atoms with Crippen LogP contribution in [0.1, 0.15) is 35.6 Å². The van der Waals surface area contributed by atoms with Gasteiger partial charge < -0.3 is 4.90 Å². The Bertz CT molecular complexity index is 510. The van der Waals surface area contributed by atoms with Crippen LogP contribution in [0.5, 0.6) is 0 Å². The first-order chi connectivity index (χ1) is 8.24. The predicted octanol–water partition coefficient (Wildman–Crippen LogP) is 2.35. The number of carbonyl (C=O) groups excluding carboxylic acids is 1. The molecule has 0 saturated carbocycles. The topological polar surface area (TPSA) is 49.7 Å². The third-order valence-electron chi connectivity index (χ3n) is 3.83. The number of hydrogen-bond acceptors (Lipinski definition) is 3. The van der Waals surface area contributed by atoms with Gasteiger partial charge in [0.2, 0.25) is 0 Å². The van der Waals surface area contributed by atoms with Crippen molar-refractivity contribution in [3.05, 3.63) is 33.7 Å². The number of carbonyl (C=O) groups is 1. The normalized spacial score (nSPS) is 22.3. The smallest absolute Gasteiger partial charge is 0.259 e. The summed E-state index contributed by atoms with van der Waals surface area (Å²) >= 11 is 0. The van der Waals surface area contributed by atoms with Crippen molar-refractivity contribution in [1.29, 1.82) is 0 Å². The van der Waals surface area contributed by atoms with Crippen molar-refractivity contribution in [2.75, 3.05) is 11.9 Å². The molecule has 1 aromatic rings. The van der Waals surface area contributed by atoms with Gasteiger partial charge in [-0.25, -0.2) is 0 Å². The fourth-order valence-electron chi connectivity index (χ4n) is 2.97. The van der Waals surface area contributed by atoms with Gasteiger partial charge in [-0.2, -0.15) is 0 Å². The second-order valence-corrected chi connectivity index (χ2v) is 4.75. The summed E-state index contributed by atoms with van der Waals surface area (Å²) in [5.41, 5.74) is 4.29. The van der Waals surface area contributed by atoms with Gasteiger partial charge in [0.05, 0.1) is 5.69 Å². The Morgan fingerprint density at radius 1 is 1.29 bits per heavy atom. The van der Waals surface area contributed by atoms with Gasteiger partial charge in [0.25, 0.3) is 5.91 Å². The Balaban J connectivity index is 2.22. The van der Waals surface area contributed by atoms with Gasteiger partial charge in [0.15, 0.2) is 6.04 Å². The van der Waals surface area contributed by atoms with E-state index in [1.54, 1.807) is 11.9 Å². The molecular formula is C13H14N2O2. The highest BCUT2D eigenvalue weighted by Gasteiger charge is 2.38. The Hall–Kier alpha value is -1.71. The van der Waals surface area contributed by atoms with Gasteiger partial charge in [-0.3, -0.25) is 4.79 Å². The Morgan fingerprint density at radius 3 is 2.82 bits per heavy atom. The molecule has 17 heavy (non-hydrogen) atoms. The minimum absolute atomic E-state index is 0.200. The third kappa shape index (κ3) is 1.33. The summed E-state index contributed by atoms with van der Waals surface area (Å²) in [7, 11) is 1.74. The molecule has 0 spiro atoms. The summed E-state index contributed by atoms with van der Waals surface area (Å²) in [5.74, 6) is -0.200. The van der Waals surface area contributed by atoms with E-state index in [1.165, 1.54) is 17.5 Å². The Labute approximate surface area is 99.6 Å². The molecular weight excluding hydrogens is 216 g/mol. The molecule has 4 nitrogen and oxygen atoms in total. The molecule has 0 aromatic heterocycles. The van der Waals surface area contributed by atoms with Crippen LogP contribution in [0.25, 0.3) is 0 Å². The fraction of sp³-hybridized carbons (Fsp3) is 0.462. The number of nitroso groups, excluding NO2 is 1. The highest BCUT2D eigenvalue weighted by molar-refractivity contribution is 6.05. The van der Waals surface area contributed by atoms with E-state index in [0.29, 0.717) is 0 Å². The van der Waals surface area contributed by atoms with Gasteiger partial charge in [-0.05, 0) is 36.8 Å². The SMILES string of the molecule is CN1C(=O)C(N=O)c2ccc3c(c21)CCCC3. The van der Waals surface area contributed by atoms with E-state index < -0.39 is 6.04 Å². The number of anilines is 1. The van der Waals surface area contributed by atoms with E-state index >= 15 is 0 Å². The van der Waals surface area contributed by atoms with Gasteiger partial charge in [0.1, 0.15) is 0 Å². The molecule has 1 aromatic carbocycles. The molecule has 1 aliphatic heterocycles. The fourth-order valence-corrected chi connectivity index (χ4v) is 2.97. The number of aryl methyl sites for hydroxylation is 1. The Morgan fingerprint density at radius 2 is 2.06 bits per heavy atom. The molecule has 0 bridgehead atoms. The van der Waals surface area contributed by atoms with Crippen LogP contribution >= 0.6 is 0 Å². The molecule has 1 heterocycles. The highest BCUT2D eigenvalue weighted by atomic mass is 16.3. The zero-order chi connectivity index (χ0) is 12.0. The lowest BCUT2D eigenvalue weighted by Crippen LogP contribution is -2.24. The first-order valence-electron chi connectivity index (χ1n) is 5.98. The number of hydrogen-bond donors (Lipinski definition) is 0. The van der Waals surface area contributed by atoms with Crippen molar-refractivity contribution >= 4 is 11.6 Å². The molecule has 0 saturated heterocycles. The molecule has 0 radical (unpaired) electrons. The maximum atomic E-state index is 11.9. The molecule has 1 aliphatic carbocycles. The molecule has 88 valence electrons. The van der Waals surface area contributed by atoms with Crippen LogP contribution in [0.4, 0.5) is 5.69 Å². The molecule has 1 atom stereocenters. The summed E-state index contributed by atoms with van der Waals surface area (Å²) in [6.07, 6.45) is 4.44. The second-order valence-electron chi connectivity index (χ2n) is 4.75. The maximum Gasteiger partial charge on any atom is 0.259 e. The number of amides is 1. The van der Waals surface area contributed by atoms with Gasteiger partial charge in [-0.1, -0.05) is 17.3 Å². The molecule has 4 heteroatoms. The lowest BCUT2D eigenvalue weighted by atomic mass is 9.88. The van der Waals surface area contributed by atoms with E-state index in [1.807, 2.05) is 6.07 Å². The van der Waals surface area contributed by atoms with Crippen LogP contribution in [-0.4, -0.2) is 13.0 Å². The van der Waals surface area contributed by atoms with Crippen LogP contribution < -0.4 is 4.90 Å². The van der Waals surface area contributed by atoms with E-state index in [9.17, 15) is 9.70 Å². The number of nitrogens with zero attached hydrogens (tertiary/aromatic N) is 2. The van der Waals surface area contributed by atoms with Crippen molar-refractivity contribution in [2.24, 2.45) is 5.18 Å². The van der Waals surface area contributed by atoms with Crippen molar-refractivity contribution < 1.29 is 4.79 Å². The largest absolute Gasteiger partial charge is 0.313 e. The molecule has 3 rings (SSSR count). The van der Waals surface area contributed by atoms with Crippen LogP contribution in [-0.2, 0) is 17.6 Å². The number of rotatable bonds is 1. The van der Waals surface area contributed by atoms with E-state index in [0.717, 1.165) is 30.5 Å². The summed E-state index contributed by atoms with van der Waals surface area (Å²) < 4.78 is 0. The Kier molecular flexibility index (Phi) is 2.24.